The first kappa shape index (κ1) is 17.3. The third-order valence-electron chi connectivity index (χ3n) is 4.81. The molecule has 1 aliphatic rings. The van der Waals surface area contributed by atoms with Gasteiger partial charge >= 0.3 is 5.97 Å². The second-order valence-electron chi connectivity index (χ2n) is 6.64. The summed E-state index contributed by atoms with van der Waals surface area (Å²) in [6.07, 6.45) is 7.02. The molecule has 2 heterocycles. The number of piperidine rings is 1. The summed E-state index contributed by atoms with van der Waals surface area (Å²) in [7, 11) is 0. The largest absolute Gasteiger partial charge is 0.452 e. The van der Waals surface area contributed by atoms with Crippen LogP contribution in [0, 0.1) is 0 Å². The van der Waals surface area contributed by atoms with E-state index in [0.29, 0.717) is 5.56 Å². The Labute approximate surface area is 148 Å². The minimum absolute atomic E-state index is 0.114. The maximum atomic E-state index is 12.4. The molecule has 1 aliphatic heterocycles. The van der Waals surface area contributed by atoms with Crippen molar-refractivity contribution in [3.05, 3.63) is 54.4 Å². The first-order valence-electron chi connectivity index (χ1n) is 8.78. The molecule has 1 fully saturated rings. The summed E-state index contributed by atoms with van der Waals surface area (Å²) in [6, 6.07) is 11.4. The highest BCUT2D eigenvalue weighted by Crippen LogP contribution is 2.22. The summed E-state index contributed by atoms with van der Waals surface area (Å²) in [4.78, 5) is 26.5. The molecule has 1 aromatic carbocycles. The van der Waals surface area contributed by atoms with Gasteiger partial charge in [-0.1, -0.05) is 0 Å². The third-order valence-corrected chi connectivity index (χ3v) is 4.81. The topological polar surface area (TPSA) is 51.5 Å². The highest BCUT2D eigenvalue weighted by molar-refractivity contribution is 5.91. The van der Waals surface area contributed by atoms with E-state index in [1.54, 1.807) is 12.1 Å². The molecular weight excluding hydrogens is 316 g/mol. The molecule has 1 amide bonds. The standard InChI is InChI=1S/C20H24N2O3/c1-15-6-5-7-16(2)22(15)19(23)14-25-20(24)17-8-10-18(11-9-17)21-12-3-4-13-21/h3-4,8-13,15-16H,5-7,14H2,1-2H3/t15-,16-/m0/s1. The zero-order valence-corrected chi connectivity index (χ0v) is 14.7. The summed E-state index contributed by atoms with van der Waals surface area (Å²) < 4.78 is 7.19. The Bertz CT molecular complexity index is 712. The van der Waals surface area contributed by atoms with Gasteiger partial charge < -0.3 is 14.2 Å². The molecule has 0 unspecified atom stereocenters. The first-order chi connectivity index (χ1) is 12.1. The van der Waals surface area contributed by atoms with Gasteiger partial charge in [-0.25, -0.2) is 4.79 Å². The minimum atomic E-state index is -0.468. The first-order valence-corrected chi connectivity index (χ1v) is 8.78. The number of carbonyl (C=O) groups excluding carboxylic acids is 2. The highest BCUT2D eigenvalue weighted by Gasteiger charge is 2.29. The molecular formula is C20H24N2O3. The van der Waals surface area contributed by atoms with Crippen molar-refractivity contribution >= 4 is 11.9 Å². The highest BCUT2D eigenvalue weighted by atomic mass is 16.5. The monoisotopic (exact) mass is 340 g/mol. The van der Waals surface area contributed by atoms with E-state index < -0.39 is 5.97 Å². The van der Waals surface area contributed by atoms with Crippen LogP contribution in [0.2, 0.25) is 0 Å². The van der Waals surface area contributed by atoms with E-state index in [1.807, 2.05) is 46.1 Å². The van der Waals surface area contributed by atoms with Crippen LogP contribution in [0.5, 0.6) is 0 Å². The van der Waals surface area contributed by atoms with Gasteiger partial charge in [0.15, 0.2) is 6.61 Å². The minimum Gasteiger partial charge on any atom is -0.452 e. The van der Waals surface area contributed by atoms with Gasteiger partial charge in [0.1, 0.15) is 0 Å². The van der Waals surface area contributed by atoms with E-state index in [2.05, 4.69) is 13.8 Å². The van der Waals surface area contributed by atoms with Crippen molar-refractivity contribution in [3.8, 4) is 5.69 Å². The average molecular weight is 340 g/mol. The van der Waals surface area contributed by atoms with Crippen LogP contribution < -0.4 is 0 Å². The average Bonchev–Trinajstić information content (AvgIpc) is 3.14. The van der Waals surface area contributed by atoms with Gasteiger partial charge in [0, 0.05) is 30.2 Å². The zero-order chi connectivity index (χ0) is 17.8. The Balaban J connectivity index is 1.58. The lowest BCUT2D eigenvalue weighted by atomic mass is 9.97. The summed E-state index contributed by atoms with van der Waals surface area (Å²) in [5, 5.41) is 0. The van der Waals surface area contributed by atoms with E-state index in [4.69, 9.17) is 4.74 Å². The maximum Gasteiger partial charge on any atom is 0.338 e. The van der Waals surface area contributed by atoms with Crippen molar-refractivity contribution < 1.29 is 14.3 Å². The molecule has 0 N–H and O–H groups in total. The molecule has 0 spiro atoms. The number of benzene rings is 1. The number of esters is 1. The second kappa shape index (κ2) is 7.55. The van der Waals surface area contributed by atoms with E-state index >= 15 is 0 Å². The van der Waals surface area contributed by atoms with Crippen LogP contribution >= 0.6 is 0 Å². The fourth-order valence-corrected chi connectivity index (χ4v) is 3.47. The van der Waals surface area contributed by atoms with Crippen molar-refractivity contribution in [1.82, 2.24) is 9.47 Å². The van der Waals surface area contributed by atoms with Crippen molar-refractivity contribution in [3.63, 3.8) is 0 Å². The molecule has 5 nitrogen and oxygen atoms in total. The lowest BCUT2D eigenvalue weighted by molar-refractivity contribution is -0.140. The van der Waals surface area contributed by atoms with Crippen LogP contribution in [0.25, 0.3) is 5.69 Å². The molecule has 0 radical (unpaired) electrons. The number of likely N-dealkylation sites (tertiary alicyclic amines) is 1. The van der Waals surface area contributed by atoms with Crippen molar-refractivity contribution in [2.45, 2.75) is 45.2 Å². The smallest absolute Gasteiger partial charge is 0.338 e. The zero-order valence-electron chi connectivity index (χ0n) is 14.7. The van der Waals surface area contributed by atoms with Gasteiger partial charge in [0.05, 0.1) is 5.56 Å². The van der Waals surface area contributed by atoms with E-state index in [9.17, 15) is 9.59 Å². The molecule has 5 heteroatoms. The van der Waals surface area contributed by atoms with Crippen LogP contribution in [0.1, 0.15) is 43.5 Å². The lowest BCUT2D eigenvalue weighted by Gasteiger charge is -2.38. The molecule has 25 heavy (non-hydrogen) atoms. The summed E-state index contributed by atoms with van der Waals surface area (Å²) in [6.45, 7) is 3.90. The summed E-state index contributed by atoms with van der Waals surface area (Å²) >= 11 is 0. The summed E-state index contributed by atoms with van der Waals surface area (Å²) in [5.74, 6) is -0.582. The number of ether oxygens (including phenoxy) is 1. The number of hydrogen-bond donors (Lipinski definition) is 0. The Morgan fingerprint density at radius 2 is 1.64 bits per heavy atom. The van der Waals surface area contributed by atoms with Crippen molar-refractivity contribution in [2.24, 2.45) is 0 Å². The molecule has 2 aromatic rings. The number of nitrogens with zero attached hydrogens (tertiary/aromatic N) is 2. The third kappa shape index (κ3) is 3.92. The van der Waals surface area contributed by atoms with Crippen molar-refractivity contribution in [2.75, 3.05) is 6.61 Å². The van der Waals surface area contributed by atoms with Gasteiger partial charge in [0.25, 0.3) is 5.91 Å². The Hall–Kier alpha value is -2.56. The molecule has 0 aliphatic carbocycles. The molecule has 2 atom stereocenters. The molecule has 132 valence electrons. The van der Waals surface area contributed by atoms with E-state index in [0.717, 1.165) is 24.9 Å². The predicted octanol–water partition coefficient (Wildman–Crippen LogP) is 3.42. The quantitative estimate of drug-likeness (QED) is 0.801. The number of hydrogen-bond acceptors (Lipinski definition) is 3. The predicted molar refractivity (Wildman–Crippen MR) is 95.7 cm³/mol. The van der Waals surface area contributed by atoms with Crippen LogP contribution in [-0.4, -0.2) is 40.0 Å². The molecule has 1 saturated heterocycles. The van der Waals surface area contributed by atoms with Crippen LogP contribution in [0.15, 0.2) is 48.8 Å². The summed E-state index contributed by atoms with van der Waals surface area (Å²) in [5.41, 5.74) is 1.41. The Morgan fingerprint density at radius 3 is 2.24 bits per heavy atom. The van der Waals surface area contributed by atoms with Crippen LogP contribution in [0.3, 0.4) is 0 Å². The van der Waals surface area contributed by atoms with E-state index in [-0.39, 0.29) is 24.6 Å². The van der Waals surface area contributed by atoms with E-state index in [1.165, 1.54) is 0 Å². The Morgan fingerprint density at radius 1 is 1.04 bits per heavy atom. The number of amides is 1. The Kier molecular flexibility index (Phi) is 5.22. The maximum absolute atomic E-state index is 12.4. The van der Waals surface area contributed by atoms with Crippen LogP contribution in [-0.2, 0) is 9.53 Å². The second-order valence-corrected chi connectivity index (χ2v) is 6.64. The van der Waals surface area contributed by atoms with Gasteiger partial charge in [-0.2, -0.15) is 0 Å². The number of rotatable bonds is 4. The fraction of sp³-hybridized carbons (Fsp3) is 0.400. The van der Waals surface area contributed by atoms with Gasteiger partial charge in [-0.15, -0.1) is 0 Å². The van der Waals surface area contributed by atoms with Crippen LogP contribution in [0.4, 0.5) is 0 Å². The molecule has 0 bridgehead atoms. The SMILES string of the molecule is C[C@H]1CCC[C@H](C)N1C(=O)COC(=O)c1ccc(-n2cccc2)cc1. The van der Waals surface area contributed by atoms with Gasteiger partial charge in [-0.3, -0.25) is 4.79 Å². The fourth-order valence-electron chi connectivity index (χ4n) is 3.47. The number of aromatic nitrogens is 1. The molecule has 0 saturated carbocycles. The van der Waals surface area contributed by atoms with Gasteiger partial charge in [-0.05, 0) is 69.5 Å². The van der Waals surface area contributed by atoms with Crippen molar-refractivity contribution in [1.29, 1.82) is 0 Å². The molecule has 1 aromatic heterocycles. The van der Waals surface area contributed by atoms with Gasteiger partial charge in [0.2, 0.25) is 0 Å². The molecule has 3 rings (SSSR count). The normalized spacial score (nSPS) is 20.3. The lowest BCUT2D eigenvalue weighted by Crippen LogP contribution is -2.49. The number of carbonyl (C=O) groups is 2.